The molecule has 1 aromatic carbocycles. The van der Waals surface area contributed by atoms with Crippen LogP contribution in [0, 0.1) is 0 Å². The SMILES string of the molecule is CCCNCc1ccc(N(C)C2CCS(=O)(=O)C2)cc1Br. The number of nitrogens with zero attached hydrogens (tertiary/aromatic N) is 1. The molecule has 1 unspecified atom stereocenters. The average Bonchev–Trinajstić information content (AvgIpc) is 2.80. The van der Waals surface area contributed by atoms with Crippen LogP contribution in [-0.2, 0) is 16.4 Å². The summed E-state index contributed by atoms with van der Waals surface area (Å²) in [7, 11) is -0.871. The second kappa shape index (κ2) is 7.11. The molecule has 0 saturated carbocycles. The summed E-state index contributed by atoms with van der Waals surface area (Å²) in [5.74, 6) is 0.573. The summed E-state index contributed by atoms with van der Waals surface area (Å²) in [5, 5.41) is 3.38. The zero-order valence-corrected chi connectivity index (χ0v) is 15.0. The van der Waals surface area contributed by atoms with Gasteiger partial charge in [0, 0.05) is 29.8 Å². The first-order valence-corrected chi connectivity index (χ1v) is 9.97. The first kappa shape index (κ1) is 16.8. The van der Waals surface area contributed by atoms with E-state index in [1.165, 1.54) is 5.56 Å². The molecule has 0 aliphatic carbocycles. The van der Waals surface area contributed by atoms with E-state index >= 15 is 0 Å². The number of sulfone groups is 1. The lowest BCUT2D eigenvalue weighted by molar-refractivity contribution is 0.601. The quantitative estimate of drug-likeness (QED) is 0.777. The molecule has 0 amide bonds. The first-order valence-electron chi connectivity index (χ1n) is 7.35. The van der Waals surface area contributed by atoms with Crippen molar-refractivity contribution < 1.29 is 8.42 Å². The maximum Gasteiger partial charge on any atom is 0.152 e. The fourth-order valence-electron chi connectivity index (χ4n) is 2.59. The molecule has 0 bridgehead atoms. The van der Waals surface area contributed by atoms with Crippen LogP contribution in [0.15, 0.2) is 22.7 Å². The third-order valence-electron chi connectivity index (χ3n) is 3.94. The van der Waals surface area contributed by atoms with Crippen LogP contribution in [0.1, 0.15) is 25.3 Å². The Hall–Kier alpha value is -0.590. The van der Waals surface area contributed by atoms with Crippen molar-refractivity contribution in [1.82, 2.24) is 5.32 Å². The molecule has 1 aromatic rings. The van der Waals surface area contributed by atoms with Crippen LogP contribution < -0.4 is 10.2 Å². The standard InChI is InChI=1S/C15H23BrN2O2S/c1-3-7-17-10-12-4-5-13(9-15(12)16)18(2)14-6-8-21(19,20)11-14/h4-5,9,14,17H,3,6-8,10-11H2,1-2H3. The van der Waals surface area contributed by atoms with Gasteiger partial charge in [-0.15, -0.1) is 0 Å². The van der Waals surface area contributed by atoms with E-state index in [1.54, 1.807) is 0 Å². The van der Waals surface area contributed by atoms with Crippen molar-refractivity contribution in [1.29, 1.82) is 0 Å². The molecule has 1 aliphatic rings. The Balaban J connectivity index is 2.05. The summed E-state index contributed by atoms with van der Waals surface area (Å²) in [6.07, 6.45) is 1.84. The highest BCUT2D eigenvalue weighted by Crippen LogP contribution is 2.27. The summed E-state index contributed by atoms with van der Waals surface area (Å²) in [6.45, 7) is 4.00. The van der Waals surface area contributed by atoms with E-state index < -0.39 is 9.84 Å². The van der Waals surface area contributed by atoms with Crippen molar-refractivity contribution in [3.05, 3.63) is 28.2 Å². The molecule has 6 heteroatoms. The summed E-state index contributed by atoms with van der Waals surface area (Å²) in [6, 6.07) is 6.33. The molecule has 4 nitrogen and oxygen atoms in total. The van der Waals surface area contributed by atoms with E-state index in [4.69, 9.17) is 0 Å². The minimum atomic E-state index is -2.85. The zero-order chi connectivity index (χ0) is 15.5. The van der Waals surface area contributed by atoms with Gasteiger partial charge in [0.1, 0.15) is 0 Å². The summed E-state index contributed by atoms with van der Waals surface area (Å²) >= 11 is 3.61. The minimum absolute atomic E-state index is 0.0889. The van der Waals surface area contributed by atoms with Crippen LogP contribution in [0.4, 0.5) is 5.69 Å². The Labute approximate surface area is 136 Å². The molecule has 0 radical (unpaired) electrons. The fraction of sp³-hybridized carbons (Fsp3) is 0.600. The maximum atomic E-state index is 11.6. The van der Waals surface area contributed by atoms with E-state index in [0.717, 1.165) is 36.1 Å². The lowest BCUT2D eigenvalue weighted by Crippen LogP contribution is -2.32. The summed E-state index contributed by atoms with van der Waals surface area (Å²) < 4.78 is 24.3. The highest BCUT2D eigenvalue weighted by atomic mass is 79.9. The van der Waals surface area contributed by atoms with Crippen LogP contribution in [-0.4, -0.2) is 39.6 Å². The van der Waals surface area contributed by atoms with Crippen molar-refractivity contribution in [2.45, 2.75) is 32.4 Å². The predicted molar refractivity (Wildman–Crippen MR) is 91.6 cm³/mol. The lowest BCUT2D eigenvalue weighted by atomic mass is 10.1. The minimum Gasteiger partial charge on any atom is -0.371 e. The molecule has 1 fully saturated rings. The Kier molecular flexibility index (Phi) is 5.68. The van der Waals surface area contributed by atoms with Gasteiger partial charge in [-0.3, -0.25) is 0 Å². The number of hydrogen-bond acceptors (Lipinski definition) is 4. The van der Waals surface area contributed by atoms with E-state index in [-0.39, 0.29) is 11.8 Å². The highest BCUT2D eigenvalue weighted by Gasteiger charge is 2.30. The third-order valence-corrected chi connectivity index (χ3v) is 6.43. The molecule has 118 valence electrons. The van der Waals surface area contributed by atoms with Crippen molar-refractivity contribution >= 4 is 31.5 Å². The molecule has 1 heterocycles. The van der Waals surface area contributed by atoms with Crippen LogP contribution >= 0.6 is 15.9 Å². The predicted octanol–water partition coefficient (Wildman–Crippen LogP) is 2.57. The molecular formula is C15H23BrN2O2S. The Morgan fingerprint density at radius 1 is 1.43 bits per heavy atom. The van der Waals surface area contributed by atoms with Crippen molar-refractivity contribution in [2.24, 2.45) is 0 Å². The monoisotopic (exact) mass is 374 g/mol. The van der Waals surface area contributed by atoms with Crippen LogP contribution in [0.3, 0.4) is 0 Å². The second-order valence-electron chi connectivity index (χ2n) is 5.62. The van der Waals surface area contributed by atoms with Gasteiger partial charge in [-0.05, 0) is 37.1 Å². The van der Waals surface area contributed by atoms with Crippen molar-refractivity contribution in [3.8, 4) is 0 Å². The van der Waals surface area contributed by atoms with E-state index in [1.807, 2.05) is 7.05 Å². The van der Waals surface area contributed by atoms with Gasteiger partial charge in [0.05, 0.1) is 11.5 Å². The van der Waals surface area contributed by atoms with E-state index in [0.29, 0.717) is 5.75 Å². The molecule has 2 rings (SSSR count). The number of nitrogens with one attached hydrogen (secondary N) is 1. The Morgan fingerprint density at radius 3 is 2.76 bits per heavy atom. The second-order valence-corrected chi connectivity index (χ2v) is 8.70. The molecular weight excluding hydrogens is 352 g/mol. The largest absolute Gasteiger partial charge is 0.371 e. The van der Waals surface area contributed by atoms with Gasteiger partial charge in [-0.1, -0.05) is 28.9 Å². The van der Waals surface area contributed by atoms with Crippen LogP contribution in [0.5, 0.6) is 0 Å². The molecule has 1 N–H and O–H groups in total. The summed E-state index contributed by atoms with van der Waals surface area (Å²) in [4.78, 5) is 2.08. The number of benzene rings is 1. The highest BCUT2D eigenvalue weighted by molar-refractivity contribution is 9.10. The van der Waals surface area contributed by atoms with Gasteiger partial charge >= 0.3 is 0 Å². The fourth-order valence-corrected chi connectivity index (χ4v) is 4.87. The van der Waals surface area contributed by atoms with E-state index in [2.05, 4.69) is 51.3 Å². The van der Waals surface area contributed by atoms with Crippen LogP contribution in [0.2, 0.25) is 0 Å². The number of hydrogen-bond donors (Lipinski definition) is 1. The number of rotatable bonds is 6. The maximum absolute atomic E-state index is 11.6. The average molecular weight is 375 g/mol. The number of halogens is 1. The van der Waals surface area contributed by atoms with Crippen molar-refractivity contribution in [3.63, 3.8) is 0 Å². The smallest absolute Gasteiger partial charge is 0.152 e. The Bertz CT molecular complexity index is 589. The summed E-state index contributed by atoms with van der Waals surface area (Å²) in [5.41, 5.74) is 2.28. The van der Waals surface area contributed by atoms with Gasteiger partial charge in [0.25, 0.3) is 0 Å². The zero-order valence-electron chi connectivity index (χ0n) is 12.6. The topological polar surface area (TPSA) is 49.4 Å². The third kappa shape index (κ3) is 4.44. The lowest BCUT2D eigenvalue weighted by Gasteiger charge is -2.26. The molecule has 1 aliphatic heterocycles. The van der Waals surface area contributed by atoms with Crippen molar-refractivity contribution in [2.75, 3.05) is 30.0 Å². The van der Waals surface area contributed by atoms with Gasteiger partial charge in [0.15, 0.2) is 9.84 Å². The van der Waals surface area contributed by atoms with Crippen LogP contribution in [0.25, 0.3) is 0 Å². The van der Waals surface area contributed by atoms with Gasteiger partial charge in [-0.25, -0.2) is 8.42 Å². The Morgan fingerprint density at radius 2 is 2.19 bits per heavy atom. The van der Waals surface area contributed by atoms with Gasteiger partial charge in [-0.2, -0.15) is 0 Å². The molecule has 1 saturated heterocycles. The molecule has 0 aromatic heterocycles. The van der Waals surface area contributed by atoms with Gasteiger partial charge in [0.2, 0.25) is 0 Å². The molecule has 21 heavy (non-hydrogen) atoms. The van der Waals surface area contributed by atoms with E-state index in [9.17, 15) is 8.42 Å². The first-order chi connectivity index (χ1) is 9.93. The number of anilines is 1. The molecule has 0 spiro atoms. The van der Waals surface area contributed by atoms with Gasteiger partial charge < -0.3 is 10.2 Å². The normalized spacial score (nSPS) is 20.6. The molecule has 1 atom stereocenters.